The summed E-state index contributed by atoms with van der Waals surface area (Å²) in [5.41, 5.74) is -3.20. The smallest absolute Gasteiger partial charge is 0.326 e. The molecule has 0 heterocycles. The molecule has 1 aromatic carbocycles. The van der Waals surface area contributed by atoms with Crippen molar-refractivity contribution in [2.24, 2.45) is 34.0 Å². The van der Waals surface area contributed by atoms with Gasteiger partial charge in [0.2, 0.25) is 0 Å². The number of ether oxygens (including phenoxy) is 1. The summed E-state index contributed by atoms with van der Waals surface area (Å²) in [6, 6.07) is -1.22. The first-order valence-corrected chi connectivity index (χ1v) is 17.9. The summed E-state index contributed by atoms with van der Waals surface area (Å²) in [5, 5.41) is 27.0. The Hall–Kier alpha value is -2.31. The number of hydrogen-bond donors (Lipinski definition) is 4. The molecule has 1 aromatic rings. The maximum Gasteiger partial charge on any atom is 0.326 e. The average Bonchev–Trinajstić information content (AvgIpc) is 3.35. The number of carboxylic acids is 1. The number of carbonyl (C=O) groups excluding carboxylic acids is 2. The van der Waals surface area contributed by atoms with E-state index >= 15 is 0 Å². The summed E-state index contributed by atoms with van der Waals surface area (Å²) in [4.78, 5) is 63.1. The third-order valence-corrected chi connectivity index (χ3v) is 12.8. The van der Waals surface area contributed by atoms with Crippen molar-refractivity contribution in [3.8, 4) is 0 Å². The van der Waals surface area contributed by atoms with Gasteiger partial charge in [0.1, 0.15) is 29.3 Å². The van der Waals surface area contributed by atoms with E-state index < -0.39 is 51.9 Å². The van der Waals surface area contributed by atoms with Crippen molar-refractivity contribution in [2.75, 3.05) is 40.7 Å². The highest BCUT2D eigenvalue weighted by Crippen LogP contribution is 2.68. The Bertz CT molecular complexity index is 1360. The second kappa shape index (κ2) is 13.2. The number of carbonyl (C=O) groups is 3. The molecule has 244 valence electrons. The molecule has 0 amide bonds. The molecule has 1 unspecified atom stereocenters. The Morgan fingerprint density at radius 3 is 2.48 bits per heavy atom. The minimum absolute atomic E-state index is 0.0541. The number of aliphatic hydroxyl groups is 1. The minimum Gasteiger partial charge on any atom is -0.480 e. The van der Waals surface area contributed by atoms with Crippen LogP contribution in [-0.2, 0) is 19.1 Å². The van der Waals surface area contributed by atoms with Gasteiger partial charge in [-0.1, -0.05) is 33.8 Å². The molecule has 9 atom stereocenters. The van der Waals surface area contributed by atoms with E-state index in [0.29, 0.717) is 31.6 Å². The molecule has 44 heavy (non-hydrogen) atoms. The highest BCUT2D eigenvalue weighted by atomic mass is 32.2. The SMILES string of the molecule is C=C[C@]1(C)C[C@@H](OC(=O)CSCC(Nc2c(NCCSC)c(=O)c2=O)C(=O)O)[C@]2(C)[C@H](C)CC[C@]3(CCC(=O)[C@H]32)[C@@H](C)[C@@H]1O. The fourth-order valence-electron chi connectivity index (χ4n) is 8.28. The number of thioether (sulfide) groups is 2. The van der Waals surface area contributed by atoms with E-state index in [4.69, 9.17) is 4.74 Å². The molecule has 0 radical (unpaired) electrons. The molecule has 3 aliphatic carbocycles. The highest BCUT2D eigenvalue weighted by molar-refractivity contribution is 8.00. The number of rotatable bonds is 13. The van der Waals surface area contributed by atoms with Crippen LogP contribution in [0.25, 0.3) is 0 Å². The van der Waals surface area contributed by atoms with Crippen LogP contribution >= 0.6 is 23.5 Å². The molecule has 0 aromatic heterocycles. The van der Waals surface area contributed by atoms with Gasteiger partial charge in [-0.05, 0) is 49.2 Å². The lowest BCUT2D eigenvalue weighted by atomic mass is 9.44. The van der Waals surface area contributed by atoms with Crippen molar-refractivity contribution in [3.05, 3.63) is 33.1 Å². The molecule has 0 aliphatic heterocycles. The van der Waals surface area contributed by atoms with Crippen LogP contribution in [0.3, 0.4) is 0 Å². The van der Waals surface area contributed by atoms with E-state index in [-0.39, 0.29) is 51.8 Å². The first-order chi connectivity index (χ1) is 20.7. The molecule has 0 saturated heterocycles. The van der Waals surface area contributed by atoms with Gasteiger partial charge in [0.25, 0.3) is 10.9 Å². The average molecular weight is 651 g/mol. The van der Waals surface area contributed by atoms with Gasteiger partial charge >= 0.3 is 11.9 Å². The molecule has 12 heteroatoms. The van der Waals surface area contributed by atoms with Gasteiger partial charge in [-0.3, -0.25) is 19.2 Å². The molecule has 2 bridgehead atoms. The highest BCUT2D eigenvalue weighted by Gasteiger charge is 2.68. The van der Waals surface area contributed by atoms with Gasteiger partial charge in [-0.2, -0.15) is 11.8 Å². The first-order valence-electron chi connectivity index (χ1n) is 15.3. The number of anilines is 2. The van der Waals surface area contributed by atoms with Gasteiger partial charge in [-0.25, -0.2) is 4.79 Å². The second-order valence-corrected chi connectivity index (χ2v) is 15.5. The van der Waals surface area contributed by atoms with Crippen molar-refractivity contribution in [1.29, 1.82) is 0 Å². The monoisotopic (exact) mass is 650 g/mol. The quantitative estimate of drug-likeness (QED) is 0.107. The van der Waals surface area contributed by atoms with Gasteiger partial charge in [0, 0.05) is 41.2 Å². The van der Waals surface area contributed by atoms with E-state index in [9.17, 15) is 34.2 Å². The third-order valence-electron chi connectivity index (χ3n) is 11.2. The van der Waals surface area contributed by atoms with Gasteiger partial charge < -0.3 is 25.6 Å². The topological polar surface area (TPSA) is 159 Å². The molecule has 3 saturated carbocycles. The van der Waals surface area contributed by atoms with Crippen molar-refractivity contribution >= 4 is 52.6 Å². The van der Waals surface area contributed by atoms with Crippen molar-refractivity contribution in [2.45, 2.75) is 78.0 Å². The number of aliphatic carboxylic acids is 1. The fraction of sp³-hybridized carbons (Fsp3) is 0.719. The van der Waals surface area contributed by atoms with Crippen LogP contribution in [0.1, 0.15) is 59.8 Å². The molecule has 4 rings (SSSR count). The number of carboxylic acid groups (broad SMARTS) is 1. The Morgan fingerprint density at radius 2 is 1.84 bits per heavy atom. The molecule has 10 nitrogen and oxygen atoms in total. The Balaban J connectivity index is 1.50. The van der Waals surface area contributed by atoms with E-state index in [2.05, 4.69) is 38.0 Å². The van der Waals surface area contributed by atoms with E-state index in [1.807, 2.05) is 13.2 Å². The molecule has 4 N–H and O–H groups in total. The van der Waals surface area contributed by atoms with Crippen molar-refractivity contribution in [3.63, 3.8) is 0 Å². The van der Waals surface area contributed by atoms with E-state index in [1.54, 1.807) is 17.8 Å². The van der Waals surface area contributed by atoms with Crippen LogP contribution < -0.4 is 21.5 Å². The summed E-state index contributed by atoms with van der Waals surface area (Å²) in [7, 11) is 0. The van der Waals surface area contributed by atoms with Crippen molar-refractivity contribution in [1.82, 2.24) is 0 Å². The van der Waals surface area contributed by atoms with Gasteiger partial charge in [0.15, 0.2) is 0 Å². The van der Waals surface area contributed by atoms with Crippen LogP contribution in [-0.4, -0.2) is 76.2 Å². The Labute approximate surface area is 267 Å². The summed E-state index contributed by atoms with van der Waals surface area (Å²) < 4.78 is 6.22. The summed E-state index contributed by atoms with van der Waals surface area (Å²) in [6.45, 7) is 12.7. The summed E-state index contributed by atoms with van der Waals surface area (Å²) in [5.74, 6) is -1.46. The molecule has 0 spiro atoms. The van der Waals surface area contributed by atoms with Crippen LogP contribution in [0.5, 0.6) is 0 Å². The number of hydrogen-bond acceptors (Lipinski definition) is 11. The normalized spacial score (nSPS) is 35.7. The predicted octanol–water partition coefficient (Wildman–Crippen LogP) is 3.56. The van der Waals surface area contributed by atoms with Gasteiger partial charge in [0.05, 0.1) is 11.9 Å². The van der Waals surface area contributed by atoms with Crippen molar-refractivity contribution < 1.29 is 29.3 Å². The van der Waals surface area contributed by atoms with E-state index in [0.717, 1.165) is 24.6 Å². The first kappa shape index (κ1) is 34.6. The number of Topliss-reactive ketones (excluding diaryl/α,β-unsaturated/α-hetero) is 1. The number of nitrogens with one attached hydrogen (secondary N) is 2. The summed E-state index contributed by atoms with van der Waals surface area (Å²) >= 11 is 2.61. The van der Waals surface area contributed by atoms with E-state index in [1.165, 1.54) is 0 Å². The lowest BCUT2D eigenvalue weighted by Crippen LogP contribution is -2.63. The minimum atomic E-state index is -1.22. The largest absolute Gasteiger partial charge is 0.480 e. The predicted molar refractivity (Wildman–Crippen MR) is 175 cm³/mol. The third kappa shape index (κ3) is 5.86. The number of ketones is 1. The molecular formula is C32H46N2O8S2. The number of aliphatic hydroxyl groups excluding tert-OH is 1. The standard InChI is InChI=1S/C32H46N2O8S2/c1-7-30(4)14-21(31(5)17(2)8-10-32(18(3)28(30)39)11-9-20(35)27(31)32)42-22(36)16-44-15-19(29(40)41)34-24-23(25(37)26(24)38)33-12-13-43-6/h7,17-19,21,27-28,33-34,39H,1,8-16H2,2-6H3,(H,40,41)/t17-,18+,19?,21-,27+,28+,30-,31+,32+/m1/s1. The molecular weight excluding hydrogens is 604 g/mol. The lowest BCUT2D eigenvalue weighted by molar-refractivity contribution is -0.205. The van der Waals surface area contributed by atoms with Crippen LogP contribution in [0.15, 0.2) is 22.2 Å². The van der Waals surface area contributed by atoms with Gasteiger partial charge in [-0.15, -0.1) is 18.3 Å². The zero-order valence-electron chi connectivity index (χ0n) is 26.3. The number of esters is 1. The lowest BCUT2D eigenvalue weighted by Gasteiger charge is -2.61. The van der Waals surface area contributed by atoms with Crippen LogP contribution in [0.4, 0.5) is 11.4 Å². The fourth-order valence-corrected chi connectivity index (χ4v) is 9.40. The maximum absolute atomic E-state index is 13.6. The molecule has 3 aliphatic rings. The zero-order chi connectivity index (χ0) is 32.6. The zero-order valence-corrected chi connectivity index (χ0v) is 27.9. The Morgan fingerprint density at radius 1 is 1.16 bits per heavy atom. The molecule has 3 fully saturated rings. The van der Waals surface area contributed by atoms with Crippen LogP contribution in [0, 0.1) is 34.0 Å². The summed E-state index contributed by atoms with van der Waals surface area (Å²) in [6.07, 6.45) is 5.41. The Kier molecular flexibility index (Phi) is 10.4. The second-order valence-electron chi connectivity index (χ2n) is 13.4. The van der Waals surface area contributed by atoms with Crippen LogP contribution in [0.2, 0.25) is 0 Å². The maximum atomic E-state index is 13.6.